The van der Waals surface area contributed by atoms with Gasteiger partial charge in [0.25, 0.3) is 0 Å². The van der Waals surface area contributed by atoms with Crippen molar-refractivity contribution in [3.8, 4) is 11.5 Å². The van der Waals surface area contributed by atoms with E-state index in [1.54, 1.807) is 7.11 Å². The highest BCUT2D eigenvalue weighted by atomic mass is 16.5. The molecule has 4 nitrogen and oxygen atoms in total. The summed E-state index contributed by atoms with van der Waals surface area (Å²) in [4.78, 5) is 12.5. The zero-order valence-corrected chi connectivity index (χ0v) is 16.7. The summed E-state index contributed by atoms with van der Waals surface area (Å²) in [5.74, 6) is 4.59. The maximum absolute atomic E-state index is 12.5. The van der Waals surface area contributed by atoms with E-state index >= 15 is 0 Å². The van der Waals surface area contributed by atoms with Crippen LogP contribution >= 0.6 is 0 Å². The molecule has 4 bridgehead atoms. The number of amides is 1. The van der Waals surface area contributed by atoms with Crippen LogP contribution in [0.4, 0.5) is 0 Å². The van der Waals surface area contributed by atoms with E-state index in [-0.39, 0.29) is 5.91 Å². The lowest BCUT2D eigenvalue weighted by molar-refractivity contribution is -0.126. The minimum atomic E-state index is 0.177. The number of methoxy groups -OCH3 is 1. The molecule has 148 valence electrons. The average molecular weight is 372 g/mol. The molecule has 0 radical (unpaired) electrons. The fraction of sp³-hybridized carbons (Fsp3) is 0.696. The Bertz CT molecular complexity index is 619. The summed E-state index contributed by atoms with van der Waals surface area (Å²) in [5.41, 5.74) is 0.379. The molecule has 0 saturated heterocycles. The first-order valence-corrected chi connectivity index (χ1v) is 10.6. The van der Waals surface area contributed by atoms with Crippen LogP contribution in [-0.4, -0.2) is 25.7 Å². The lowest BCUT2D eigenvalue weighted by Gasteiger charge is -2.59. The molecule has 0 spiro atoms. The summed E-state index contributed by atoms with van der Waals surface area (Å²) in [5, 5.41) is 3.34. The highest BCUT2D eigenvalue weighted by Gasteiger charge is 2.53. The number of benzene rings is 1. The van der Waals surface area contributed by atoms with Gasteiger partial charge in [0.1, 0.15) is 11.5 Å². The van der Waals surface area contributed by atoms with Gasteiger partial charge in [-0.2, -0.15) is 0 Å². The monoisotopic (exact) mass is 371 g/mol. The van der Waals surface area contributed by atoms with Crippen LogP contribution in [0.3, 0.4) is 0 Å². The Balaban J connectivity index is 1.20. The van der Waals surface area contributed by atoms with Gasteiger partial charge in [0.2, 0.25) is 5.91 Å². The lowest BCUT2D eigenvalue weighted by Crippen LogP contribution is -2.55. The standard InChI is InChI=1S/C23H33NO3/c1-16(23-13-17-10-18(14-23)12-19(11-17)15-23)24-22(25)4-3-9-27-21-7-5-20(26-2)6-8-21/h5-8,16-19H,3-4,9-15H2,1-2H3,(H,24,25)/t16-,17?,18?,19?,23?/m0/s1. The number of hydrogen-bond acceptors (Lipinski definition) is 3. The normalized spacial score (nSPS) is 32.1. The van der Waals surface area contributed by atoms with Crippen molar-refractivity contribution in [3.63, 3.8) is 0 Å². The van der Waals surface area contributed by atoms with E-state index in [1.165, 1.54) is 38.5 Å². The third-order valence-corrected chi connectivity index (χ3v) is 7.26. The van der Waals surface area contributed by atoms with Gasteiger partial charge < -0.3 is 14.8 Å². The first-order chi connectivity index (χ1) is 13.1. The highest BCUT2D eigenvalue weighted by molar-refractivity contribution is 5.76. The maximum atomic E-state index is 12.5. The molecule has 4 aliphatic rings. The molecule has 0 aliphatic heterocycles. The summed E-state index contributed by atoms with van der Waals surface area (Å²) >= 11 is 0. The Morgan fingerprint density at radius 3 is 2.19 bits per heavy atom. The first-order valence-electron chi connectivity index (χ1n) is 10.6. The summed E-state index contributed by atoms with van der Waals surface area (Å²) in [6, 6.07) is 7.87. The van der Waals surface area contributed by atoms with E-state index in [0.29, 0.717) is 24.5 Å². The van der Waals surface area contributed by atoms with Crippen molar-refractivity contribution in [1.82, 2.24) is 5.32 Å². The molecular weight excluding hydrogens is 338 g/mol. The molecule has 27 heavy (non-hydrogen) atoms. The molecule has 1 aromatic rings. The zero-order chi connectivity index (χ0) is 18.9. The average Bonchev–Trinajstić information content (AvgIpc) is 2.64. The quantitative estimate of drug-likeness (QED) is 0.681. The predicted molar refractivity (Wildman–Crippen MR) is 106 cm³/mol. The van der Waals surface area contributed by atoms with Gasteiger partial charge in [-0.15, -0.1) is 0 Å². The van der Waals surface area contributed by atoms with Crippen LogP contribution in [0.2, 0.25) is 0 Å². The fourth-order valence-corrected chi connectivity index (χ4v) is 6.27. The van der Waals surface area contributed by atoms with Crippen LogP contribution in [-0.2, 0) is 4.79 Å². The number of rotatable bonds is 8. The van der Waals surface area contributed by atoms with Crippen molar-refractivity contribution in [2.75, 3.05) is 13.7 Å². The number of hydrogen-bond donors (Lipinski definition) is 1. The Hall–Kier alpha value is -1.71. The molecule has 4 saturated carbocycles. The third-order valence-electron chi connectivity index (χ3n) is 7.26. The van der Waals surface area contributed by atoms with Crippen molar-refractivity contribution in [2.24, 2.45) is 23.2 Å². The van der Waals surface area contributed by atoms with Crippen LogP contribution in [0, 0.1) is 23.2 Å². The van der Waals surface area contributed by atoms with Crippen molar-refractivity contribution in [2.45, 2.75) is 64.3 Å². The van der Waals surface area contributed by atoms with Crippen molar-refractivity contribution >= 4 is 5.91 Å². The van der Waals surface area contributed by atoms with E-state index in [0.717, 1.165) is 35.7 Å². The summed E-state index contributed by atoms with van der Waals surface area (Å²) < 4.78 is 10.9. The van der Waals surface area contributed by atoms with Gasteiger partial charge in [-0.3, -0.25) is 4.79 Å². The fourth-order valence-electron chi connectivity index (χ4n) is 6.27. The zero-order valence-electron chi connectivity index (χ0n) is 16.7. The van der Waals surface area contributed by atoms with Gasteiger partial charge in [0, 0.05) is 12.5 Å². The Morgan fingerprint density at radius 1 is 1.07 bits per heavy atom. The molecule has 1 atom stereocenters. The van der Waals surface area contributed by atoms with Crippen LogP contribution in [0.15, 0.2) is 24.3 Å². The molecule has 4 fully saturated rings. The van der Waals surface area contributed by atoms with Gasteiger partial charge in [-0.1, -0.05) is 0 Å². The number of carbonyl (C=O) groups is 1. The lowest BCUT2D eigenvalue weighted by atomic mass is 9.48. The summed E-state index contributed by atoms with van der Waals surface area (Å²) in [7, 11) is 1.65. The second kappa shape index (κ2) is 7.73. The van der Waals surface area contributed by atoms with Gasteiger partial charge in [-0.25, -0.2) is 0 Å². The maximum Gasteiger partial charge on any atom is 0.220 e. The molecule has 0 aromatic heterocycles. The summed E-state index contributed by atoms with van der Waals surface area (Å²) in [6.45, 7) is 2.81. The van der Waals surface area contributed by atoms with Crippen molar-refractivity contribution < 1.29 is 14.3 Å². The van der Waals surface area contributed by atoms with Crippen molar-refractivity contribution in [3.05, 3.63) is 24.3 Å². The number of ether oxygens (including phenoxy) is 2. The predicted octanol–water partition coefficient (Wildman–Crippen LogP) is 4.58. The van der Waals surface area contributed by atoms with E-state index < -0.39 is 0 Å². The molecular formula is C23H33NO3. The second-order valence-electron chi connectivity index (χ2n) is 9.20. The molecule has 4 heteroatoms. The number of carbonyl (C=O) groups excluding carboxylic acids is 1. The van der Waals surface area contributed by atoms with E-state index in [4.69, 9.17) is 9.47 Å². The molecule has 5 rings (SSSR count). The minimum absolute atomic E-state index is 0.177. The molecule has 1 aromatic carbocycles. The van der Waals surface area contributed by atoms with Crippen LogP contribution in [0.1, 0.15) is 58.3 Å². The molecule has 1 N–H and O–H groups in total. The smallest absolute Gasteiger partial charge is 0.220 e. The van der Waals surface area contributed by atoms with Gasteiger partial charge >= 0.3 is 0 Å². The van der Waals surface area contributed by atoms with Crippen molar-refractivity contribution in [1.29, 1.82) is 0 Å². The van der Waals surface area contributed by atoms with Gasteiger partial charge in [0.05, 0.1) is 13.7 Å². The highest BCUT2D eigenvalue weighted by Crippen LogP contribution is 2.61. The SMILES string of the molecule is COc1ccc(OCCCC(=O)N[C@@H](C)C23CC4CC(CC(C4)C2)C3)cc1. The van der Waals surface area contributed by atoms with Crippen LogP contribution in [0.5, 0.6) is 11.5 Å². The molecule has 0 unspecified atom stereocenters. The Kier molecular flexibility index (Phi) is 5.34. The molecule has 4 aliphatic carbocycles. The van der Waals surface area contributed by atoms with Crippen LogP contribution < -0.4 is 14.8 Å². The second-order valence-corrected chi connectivity index (χ2v) is 9.20. The summed E-state index contributed by atoms with van der Waals surface area (Å²) in [6.07, 6.45) is 9.62. The van der Waals surface area contributed by atoms with E-state index in [9.17, 15) is 4.79 Å². The molecule has 0 heterocycles. The van der Waals surface area contributed by atoms with E-state index in [1.807, 2.05) is 24.3 Å². The van der Waals surface area contributed by atoms with Gasteiger partial charge in [0.15, 0.2) is 0 Å². The van der Waals surface area contributed by atoms with E-state index in [2.05, 4.69) is 12.2 Å². The van der Waals surface area contributed by atoms with Crippen LogP contribution in [0.25, 0.3) is 0 Å². The largest absolute Gasteiger partial charge is 0.497 e. The first kappa shape index (κ1) is 18.6. The number of nitrogens with one attached hydrogen (secondary N) is 1. The topological polar surface area (TPSA) is 47.6 Å². The minimum Gasteiger partial charge on any atom is -0.497 e. The van der Waals surface area contributed by atoms with Gasteiger partial charge in [-0.05, 0) is 99.3 Å². The Morgan fingerprint density at radius 2 is 1.63 bits per heavy atom. The third kappa shape index (κ3) is 4.09. The Labute approximate surface area is 163 Å². The molecule has 1 amide bonds.